The van der Waals surface area contributed by atoms with E-state index >= 15 is 0 Å². The summed E-state index contributed by atoms with van der Waals surface area (Å²) in [4.78, 5) is 11.0. The number of rotatable bonds is 7. The first-order chi connectivity index (χ1) is 10.9. The molecule has 2 N–H and O–H groups in total. The fourth-order valence-electron chi connectivity index (χ4n) is 3.13. The van der Waals surface area contributed by atoms with Crippen LogP contribution in [0, 0.1) is 5.92 Å². The first-order valence-electron chi connectivity index (χ1n) is 8.52. The van der Waals surface area contributed by atoms with Crippen molar-refractivity contribution >= 4 is 27.7 Å². The van der Waals surface area contributed by atoms with E-state index in [2.05, 4.69) is 10.6 Å². The molecule has 0 aliphatic carbocycles. The Kier molecular flexibility index (Phi) is 7.19. The van der Waals surface area contributed by atoms with Crippen LogP contribution >= 0.6 is 11.8 Å². The molecule has 2 aliphatic rings. The van der Waals surface area contributed by atoms with Crippen LogP contribution in [0.25, 0.3) is 0 Å². The van der Waals surface area contributed by atoms with Gasteiger partial charge in [-0.3, -0.25) is 10.1 Å². The van der Waals surface area contributed by atoms with Gasteiger partial charge in [-0.2, -0.15) is 0 Å². The minimum absolute atomic E-state index is 0.00823. The van der Waals surface area contributed by atoms with Crippen molar-refractivity contribution in [3.8, 4) is 0 Å². The van der Waals surface area contributed by atoms with Crippen LogP contribution in [0.4, 0.5) is 0 Å². The van der Waals surface area contributed by atoms with Crippen molar-refractivity contribution in [2.75, 3.05) is 31.1 Å². The molecule has 23 heavy (non-hydrogen) atoms. The number of hydrogen-bond acceptors (Lipinski definition) is 5. The van der Waals surface area contributed by atoms with E-state index in [4.69, 9.17) is 0 Å². The third kappa shape index (κ3) is 5.62. The maximum atomic E-state index is 12.4. The summed E-state index contributed by atoms with van der Waals surface area (Å²) in [6.07, 6.45) is 3.64. The number of hydrogen-bond donors (Lipinski definition) is 2. The number of carbonyl (C=O) groups is 1. The summed E-state index contributed by atoms with van der Waals surface area (Å²) in [6, 6.07) is 0.279. The number of amides is 1. The molecule has 2 heterocycles. The van der Waals surface area contributed by atoms with Crippen molar-refractivity contribution in [2.24, 2.45) is 5.92 Å². The maximum Gasteiger partial charge on any atom is 0.216 e. The Hall–Kier alpha value is -0.310. The van der Waals surface area contributed by atoms with Gasteiger partial charge in [0.05, 0.1) is 11.1 Å². The van der Waals surface area contributed by atoms with E-state index < -0.39 is 10.0 Å². The molecule has 3 atom stereocenters. The molecule has 6 nitrogen and oxygen atoms in total. The number of nitrogens with one attached hydrogen (secondary N) is 2. The van der Waals surface area contributed by atoms with Gasteiger partial charge in [0.1, 0.15) is 0 Å². The molecule has 2 rings (SSSR count). The van der Waals surface area contributed by atoms with Crippen molar-refractivity contribution in [3.63, 3.8) is 0 Å². The van der Waals surface area contributed by atoms with Gasteiger partial charge in [0.2, 0.25) is 15.9 Å². The molecule has 0 saturated carbocycles. The van der Waals surface area contributed by atoms with Crippen LogP contribution in [-0.2, 0) is 14.8 Å². The summed E-state index contributed by atoms with van der Waals surface area (Å²) in [7, 11) is -3.10. The Morgan fingerprint density at radius 1 is 1.43 bits per heavy atom. The summed E-state index contributed by atoms with van der Waals surface area (Å²) in [6.45, 7) is 5.48. The summed E-state index contributed by atoms with van der Waals surface area (Å²) >= 11 is 1.86. The zero-order chi connectivity index (χ0) is 16.9. The number of piperidine rings is 1. The topological polar surface area (TPSA) is 78.5 Å². The Bertz CT molecular complexity index is 498. The van der Waals surface area contributed by atoms with Gasteiger partial charge in [0, 0.05) is 38.4 Å². The molecule has 134 valence electrons. The number of carbonyl (C=O) groups excluding carboxylic acids is 1. The van der Waals surface area contributed by atoms with Crippen molar-refractivity contribution in [1.29, 1.82) is 0 Å². The molecule has 2 aliphatic heterocycles. The average Bonchev–Trinajstić information content (AvgIpc) is 3.00. The van der Waals surface area contributed by atoms with Gasteiger partial charge in [0.15, 0.2) is 0 Å². The van der Waals surface area contributed by atoms with Gasteiger partial charge >= 0.3 is 0 Å². The molecule has 1 amide bonds. The number of sulfonamides is 1. The van der Waals surface area contributed by atoms with Gasteiger partial charge in [-0.1, -0.05) is 13.3 Å². The van der Waals surface area contributed by atoms with Crippen molar-refractivity contribution in [2.45, 2.75) is 50.9 Å². The lowest BCUT2D eigenvalue weighted by atomic mass is 9.99. The zero-order valence-electron chi connectivity index (χ0n) is 14.1. The fourth-order valence-corrected chi connectivity index (χ4v) is 6.31. The fraction of sp³-hybridized carbons (Fsp3) is 0.933. The van der Waals surface area contributed by atoms with Crippen molar-refractivity contribution < 1.29 is 13.2 Å². The molecule has 3 unspecified atom stereocenters. The second-order valence-corrected chi connectivity index (χ2v) is 9.75. The smallest absolute Gasteiger partial charge is 0.216 e. The first kappa shape index (κ1) is 19.0. The van der Waals surface area contributed by atoms with Gasteiger partial charge in [0.25, 0.3) is 0 Å². The van der Waals surface area contributed by atoms with Crippen LogP contribution in [0.15, 0.2) is 0 Å². The standard InChI is InChI=1S/C15H29N3O3S2/c1-3-4-8-23(20,21)18-7-5-6-13(10-18)15-17-14(11-22-15)9-16-12(2)19/h13-15,17H,3-11H2,1-2H3,(H,16,19). The van der Waals surface area contributed by atoms with Gasteiger partial charge in [-0.15, -0.1) is 11.8 Å². The van der Waals surface area contributed by atoms with E-state index in [0.717, 1.165) is 31.4 Å². The highest BCUT2D eigenvalue weighted by atomic mass is 32.2. The molecule has 0 bridgehead atoms. The van der Waals surface area contributed by atoms with E-state index in [1.165, 1.54) is 6.92 Å². The first-order valence-corrected chi connectivity index (χ1v) is 11.2. The predicted octanol–water partition coefficient (Wildman–Crippen LogP) is 0.996. The van der Waals surface area contributed by atoms with Gasteiger partial charge < -0.3 is 5.32 Å². The third-order valence-corrected chi connectivity index (χ3v) is 7.87. The normalized spacial score (nSPS) is 29.6. The Morgan fingerprint density at radius 3 is 2.91 bits per heavy atom. The SMILES string of the molecule is CCCCS(=O)(=O)N1CCCC(C2NC(CNC(C)=O)CS2)C1. The lowest BCUT2D eigenvalue weighted by molar-refractivity contribution is -0.119. The predicted molar refractivity (Wildman–Crippen MR) is 94.8 cm³/mol. The summed E-state index contributed by atoms with van der Waals surface area (Å²) < 4.78 is 26.5. The van der Waals surface area contributed by atoms with E-state index in [1.54, 1.807) is 4.31 Å². The number of nitrogens with zero attached hydrogens (tertiary/aromatic N) is 1. The van der Waals surface area contributed by atoms with Crippen LogP contribution < -0.4 is 10.6 Å². The summed E-state index contributed by atoms with van der Waals surface area (Å²) in [5.74, 6) is 1.58. The van der Waals surface area contributed by atoms with E-state index in [-0.39, 0.29) is 23.1 Å². The molecule has 0 spiro atoms. The van der Waals surface area contributed by atoms with Crippen LogP contribution in [-0.4, -0.2) is 61.2 Å². The van der Waals surface area contributed by atoms with Crippen molar-refractivity contribution in [3.05, 3.63) is 0 Å². The summed E-state index contributed by atoms with van der Waals surface area (Å²) in [5, 5.41) is 6.69. The van der Waals surface area contributed by atoms with Crippen LogP contribution in [0.2, 0.25) is 0 Å². The van der Waals surface area contributed by atoms with Crippen LogP contribution in [0.1, 0.15) is 39.5 Å². The van der Waals surface area contributed by atoms with Crippen molar-refractivity contribution in [1.82, 2.24) is 14.9 Å². The quantitative estimate of drug-likeness (QED) is 0.705. The molecule has 2 saturated heterocycles. The highest BCUT2D eigenvalue weighted by Gasteiger charge is 2.36. The minimum Gasteiger partial charge on any atom is -0.355 e. The number of thioether (sulfide) groups is 1. The van der Waals surface area contributed by atoms with Gasteiger partial charge in [-0.05, 0) is 25.2 Å². The number of unbranched alkanes of at least 4 members (excludes halogenated alkanes) is 1. The minimum atomic E-state index is -3.10. The zero-order valence-corrected chi connectivity index (χ0v) is 15.7. The van der Waals surface area contributed by atoms with E-state index in [0.29, 0.717) is 25.6 Å². The van der Waals surface area contributed by atoms with Crippen LogP contribution in [0.3, 0.4) is 0 Å². The largest absolute Gasteiger partial charge is 0.355 e. The molecule has 8 heteroatoms. The van der Waals surface area contributed by atoms with E-state index in [9.17, 15) is 13.2 Å². The highest BCUT2D eigenvalue weighted by molar-refractivity contribution is 8.00. The molecule has 0 aromatic heterocycles. The second-order valence-electron chi connectivity index (χ2n) is 6.48. The molecular formula is C15H29N3O3S2. The van der Waals surface area contributed by atoms with E-state index in [1.807, 2.05) is 18.7 Å². The highest BCUT2D eigenvalue weighted by Crippen LogP contribution is 2.31. The average molecular weight is 364 g/mol. The molecule has 0 radical (unpaired) electrons. The summed E-state index contributed by atoms with van der Waals surface area (Å²) in [5.41, 5.74) is 0. The third-order valence-electron chi connectivity index (χ3n) is 4.47. The second kappa shape index (κ2) is 8.69. The molecule has 2 fully saturated rings. The lowest BCUT2D eigenvalue weighted by Crippen LogP contribution is -2.48. The maximum absolute atomic E-state index is 12.4. The monoisotopic (exact) mass is 363 g/mol. The van der Waals surface area contributed by atoms with Crippen LogP contribution in [0.5, 0.6) is 0 Å². The molecular weight excluding hydrogens is 334 g/mol. The Labute approximate surface area is 144 Å². The molecule has 0 aromatic carbocycles. The lowest BCUT2D eigenvalue weighted by Gasteiger charge is -2.35. The Balaban J connectivity index is 1.85. The van der Waals surface area contributed by atoms with Gasteiger partial charge in [-0.25, -0.2) is 12.7 Å². The Morgan fingerprint density at radius 2 is 2.22 bits per heavy atom. The molecule has 0 aromatic rings.